The molecule has 0 aromatic heterocycles. The fourth-order valence-corrected chi connectivity index (χ4v) is 5.03. The van der Waals surface area contributed by atoms with Crippen LogP contribution in [0, 0.1) is 5.82 Å². The van der Waals surface area contributed by atoms with Crippen LogP contribution >= 0.6 is 0 Å². The van der Waals surface area contributed by atoms with Crippen molar-refractivity contribution in [3.8, 4) is 0 Å². The molecule has 0 bridgehead atoms. The topological polar surface area (TPSA) is 96.0 Å². The quantitative estimate of drug-likeness (QED) is 0.670. The number of hydrogen-bond acceptors (Lipinski definition) is 6. The minimum atomic E-state index is -3.51. The molecule has 1 N–H and O–H groups in total. The second kappa shape index (κ2) is 10.0. The first-order valence-electron chi connectivity index (χ1n) is 11.2. The molecule has 2 aliphatic rings. The maximum absolute atomic E-state index is 14.4. The molecule has 34 heavy (non-hydrogen) atoms. The molecule has 0 saturated carbocycles. The van der Waals surface area contributed by atoms with Gasteiger partial charge < -0.3 is 19.9 Å². The summed E-state index contributed by atoms with van der Waals surface area (Å²) in [5.74, 6) is -0.826. The van der Waals surface area contributed by atoms with Crippen molar-refractivity contribution in [2.75, 3.05) is 31.2 Å². The van der Waals surface area contributed by atoms with Gasteiger partial charge in [-0.3, -0.25) is 4.79 Å². The lowest BCUT2D eigenvalue weighted by Crippen LogP contribution is -2.48. The molecule has 182 valence electrons. The van der Waals surface area contributed by atoms with E-state index < -0.39 is 21.7 Å². The Morgan fingerprint density at radius 2 is 1.79 bits per heavy atom. The van der Waals surface area contributed by atoms with E-state index in [9.17, 15) is 22.4 Å². The zero-order chi connectivity index (χ0) is 24.3. The lowest BCUT2D eigenvalue weighted by atomic mass is 10.0. The number of nitrogens with zero attached hydrogens (tertiary/aromatic N) is 2. The van der Waals surface area contributed by atoms with Crippen LogP contribution in [0.1, 0.15) is 24.8 Å². The molecule has 4 rings (SSSR count). The van der Waals surface area contributed by atoms with Gasteiger partial charge in [-0.2, -0.15) is 0 Å². The molecule has 8 nitrogen and oxygen atoms in total. The summed E-state index contributed by atoms with van der Waals surface area (Å²) in [5.41, 5.74) is 1.03. The lowest BCUT2D eigenvalue weighted by Gasteiger charge is -2.36. The Balaban J connectivity index is 1.28. The number of carbonyl (C=O) groups excluding carboxylic acids is 2. The maximum atomic E-state index is 14.4. The molecule has 2 aromatic rings. The number of carbonyl (C=O) groups is 2. The van der Waals surface area contributed by atoms with Crippen molar-refractivity contribution in [3.05, 3.63) is 59.9 Å². The molecule has 0 unspecified atom stereocenters. The van der Waals surface area contributed by atoms with Gasteiger partial charge in [-0.05, 0) is 43.0 Å². The summed E-state index contributed by atoms with van der Waals surface area (Å²) in [5, 5.41) is 2.92. The summed E-state index contributed by atoms with van der Waals surface area (Å²) in [6.45, 7) is 1.77. The maximum Gasteiger partial charge on any atom is 0.410 e. The predicted octanol–water partition coefficient (Wildman–Crippen LogP) is 3.04. The number of piperidine rings is 1. The molecule has 1 atom stereocenters. The Hall–Kier alpha value is -3.14. The van der Waals surface area contributed by atoms with E-state index in [1.807, 2.05) is 30.3 Å². The van der Waals surface area contributed by atoms with Crippen LogP contribution in [-0.2, 0) is 26.0 Å². The molecule has 2 fully saturated rings. The summed E-state index contributed by atoms with van der Waals surface area (Å²) >= 11 is 0. The third-order valence-electron chi connectivity index (χ3n) is 6.31. The van der Waals surface area contributed by atoms with Crippen molar-refractivity contribution in [1.82, 2.24) is 9.80 Å². The fourth-order valence-electron chi connectivity index (χ4n) is 4.40. The third kappa shape index (κ3) is 5.49. The lowest BCUT2D eigenvalue weighted by molar-refractivity contribution is -0.131. The Labute approximate surface area is 198 Å². The molecule has 2 amide bonds. The van der Waals surface area contributed by atoms with Gasteiger partial charge >= 0.3 is 6.09 Å². The van der Waals surface area contributed by atoms with E-state index >= 15 is 0 Å². The van der Waals surface area contributed by atoms with Crippen LogP contribution < -0.4 is 5.32 Å². The first-order chi connectivity index (χ1) is 16.2. The molecular formula is C24H28FN3O5S. The number of sulfone groups is 1. The van der Waals surface area contributed by atoms with Crippen LogP contribution in [0.3, 0.4) is 0 Å². The van der Waals surface area contributed by atoms with E-state index in [4.69, 9.17) is 4.74 Å². The number of amides is 2. The van der Waals surface area contributed by atoms with Gasteiger partial charge in [0.25, 0.3) is 0 Å². The molecule has 2 heterocycles. The van der Waals surface area contributed by atoms with E-state index in [1.165, 1.54) is 12.1 Å². The van der Waals surface area contributed by atoms with Crippen molar-refractivity contribution < 1.29 is 27.1 Å². The minimum Gasteiger partial charge on any atom is -0.445 e. The number of benzene rings is 2. The number of nitrogens with one attached hydrogen (secondary N) is 1. The summed E-state index contributed by atoms with van der Waals surface area (Å²) in [6.07, 6.45) is 2.47. The van der Waals surface area contributed by atoms with E-state index in [0.29, 0.717) is 38.9 Å². The van der Waals surface area contributed by atoms with Crippen molar-refractivity contribution in [3.63, 3.8) is 0 Å². The summed E-state index contributed by atoms with van der Waals surface area (Å²) in [4.78, 5) is 28.7. The van der Waals surface area contributed by atoms with Crippen molar-refractivity contribution in [2.24, 2.45) is 0 Å². The predicted molar refractivity (Wildman–Crippen MR) is 124 cm³/mol. The third-order valence-corrected chi connectivity index (χ3v) is 7.42. The van der Waals surface area contributed by atoms with Gasteiger partial charge in [-0.1, -0.05) is 30.3 Å². The average molecular weight is 490 g/mol. The van der Waals surface area contributed by atoms with Gasteiger partial charge in [0.2, 0.25) is 5.91 Å². The highest BCUT2D eigenvalue weighted by Crippen LogP contribution is 2.26. The highest BCUT2D eigenvalue weighted by molar-refractivity contribution is 7.90. The summed E-state index contributed by atoms with van der Waals surface area (Å²) in [6, 6.07) is 12.5. The van der Waals surface area contributed by atoms with Crippen LogP contribution in [0.4, 0.5) is 14.9 Å². The Kier molecular flexibility index (Phi) is 7.06. The van der Waals surface area contributed by atoms with Gasteiger partial charge in [-0.25, -0.2) is 17.6 Å². The highest BCUT2D eigenvalue weighted by atomic mass is 32.2. The van der Waals surface area contributed by atoms with E-state index in [1.54, 1.807) is 9.80 Å². The molecule has 0 spiro atoms. The first kappa shape index (κ1) is 24.0. The minimum absolute atomic E-state index is 0.00920. The number of halogens is 1. The largest absolute Gasteiger partial charge is 0.445 e. The molecule has 10 heteroatoms. The second-order valence-electron chi connectivity index (χ2n) is 8.69. The highest BCUT2D eigenvalue weighted by Gasteiger charge is 2.38. The molecular weight excluding hydrogens is 461 g/mol. The van der Waals surface area contributed by atoms with Crippen molar-refractivity contribution in [1.29, 1.82) is 0 Å². The normalized spacial score (nSPS) is 19.4. The Bertz CT molecular complexity index is 1150. The monoisotopic (exact) mass is 489 g/mol. The van der Waals surface area contributed by atoms with Crippen LogP contribution in [-0.4, -0.2) is 68.2 Å². The smallest absolute Gasteiger partial charge is 0.410 e. The summed E-state index contributed by atoms with van der Waals surface area (Å²) in [7, 11) is -3.51. The average Bonchev–Trinajstić information content (AvgIpc) is 3.19. The number of ether oxygens (including phenoxy) is 1. The first-order valence-corrected chi connectivity index (χ1v) is 13.1. The van der Waals surface area contributed by atoms with E-state index in [0.717, 1.165) is 17.9 Å². The van der Waals surface area contributed by atoms with Gasteiger partial charge in [-0.15, -0.1) is 0 Å². The second-order valence-corrected chi connectivity index (χ2v) is 10.7. The molecule has 0 radical (unpaired) electrons. The van der Waals surface area contributed by atoms with Gasteiger partial charge in [0, 0.05) is 31.9 Å². The standard InChI is InChI=1S/C24H28FN3O5S/c1-34(31,32)19-7-8-21(20(25)15-19)26-22-11-14-28(23(22)29)18-9-12-27(13-10-18)24(30)33-16-17-5-3-2-4-6-17/h2-8,15,18,22,26H,9-14,16H2,1H3/t22-/m0/s1. The number of likely N-dealkylation sites (tertiary alicyclic amines) is 2. The molecule has 2 saturated heterocycles. The molecule has 2 aromatic carbocycles. The zero-order valence-electron chi connectivity index (χ0n) is 18.9. The number of rotatable bonds is 6. The molecule has 2 aliphatic heterocycles. The Morgan fingerprint density at radius 3 is 2.44 bits per heavy atom. The van der Waals surface area contributed by atoms with Gasteiger partial charge in [0.05, 0.1) is 10.6 Å². The van der Waals surface area contributed by atoms with Crippen LogP contribution in [0.25, 0.3) is 0 Å². The Morgan fingerprint density at radius 1 is 1.09 bits per heavy atom. The van der Waals surface area contributed by atoms with Gasteiger partial charge in [0.15, 0.2) is 9.84 Å². The van der Waals surface area contributed by atoms with Gasteiger partial charge in [0.1, 0.15) is 18.5 Å². The zero-order valence-corrected chi connectivity index (χ0v) is 19.8. The number of hydrogen-bond donors (Lipinski definition) is 1. The van der Waals surface area contributed by atoms with Crippen LogP contribution in [0.2, 0.25) is 0 Å². The summed E-state index contributed by atoms with van der Waals surface area (Å²) < 4.78 is 43.0. The van der Waals surface area contributed by atoms with Crippen molar-refractivity contribution >= 4 is 27.5 Å². The van der Waals surface area contributed by atoms with E-state index in [-0.39, 0.29) is 35.2 Å². The van der Waals surface area contributed by atoms with Crippen molar-refractivity contribution in [2.45, 2.75) is 42.8 Å². The molecule has 0 aliphatic carbocycles. The van der Waals surface area contributed by atoms with E-state index in [2.05, 4.69) is 5.32 Å². The van der Waals surface area contributed by atoms with Crippen LogP contribution in [0.5, 0.6) is 0 Å². The SMILES string of the molecule is CS(=O)(=O)c1ccc(N[C@H]2CCN(C3CCN(C(=O)OCc4ccccc4)CC3)C2=O)c(F)c1. The fraction of sp³-hybridized carbons (Fsp3) is 0.417. The number of anilines is 1. The van der Waals surface area contributed by atoms with Crippen LogP contribution in [0.15, 0.2) is 53.4 Å².